The molecule has 3 atom stereocenters. The second kappa shape index (κ2) is 10.1. The van der Waals surface area contributed by atoms with E-state index in [0.29, 0.717) is 17.8 Å². The zero-order valence-electron chi connectivity index (χ0n) is 18.6. The van der Waals surface area contributed by atoms with Crippen LogP contribution < -0.4 is 15.7 Å². The minimum absolute atomic E-state index is 0.0926. The molecule has 0 radical (unpaired) electrons. The summed E-state index contributed by atoms with van der Waals surface area (Å²) in [4.78, 5) is 36.8. The van der Waals surface area contributed by atoms with E-state index in [1.165, 1.54) is 13.2 Å². The average Bonchev–Trinajstić information content (AvgIpc) is 2.81. The van der Waals surface area contributed by atoms with Crippen molar-refractivity contribution in [1.29, 1.82) is 0 Å². The quantitative estimate of drug-likeness (QED) is 0.424. The van der Waals surface area contributed by atoms with Gasteiger partial charge in [0.15, 0.2) is 6.10 Å². The molecule has 1 N–H and O–H groups in total. The maximum absolute atomic E-state index is 12.6. The third-order valence-electron chi connectivity index (χ3n) is 5.45. The Balaban J connectivity index is 1.82. The van der Waals surface area contributed by atoms with Gasteiger partial charge in [0.2, 0.25) is 0 Å². The molecule has 1 heterocycles. The maximum atomic E-state index is 12.6. The molecule has 2 aromatic carbocycles. The zero-order chi connectivity index (χ0) is 23.3. The van der Waals surface area contributed by atoms with Crippen LogP contribution in [0.15, 0.2) is 63.8 Å². The van der Waals surface area contributed by atoms with Crippen LogP contribution in [0.2, 0.25) is 0 Å². The van der Waals surface area contributed by atoms with Crippen molar-refractivity contribution in [3.05, 3.63) is 65.0 Å². The predicted molar refractivity (Wildman–Crippen MR) is 121 cm³/mol. The molecular formula is C25H27NO6. The Kier molecular flexibility index (Phi) is 7.30. The summed E-state index contributed by atoms with van der Waals surface area (Å²) in [5.41, 5.74) is 1.52. The van der Waals surface area contributed by atoms with Crippen LogP contribution in [0.3, 0.4) is 0 Å². The first kappa shape index (κ1) is 23.1. The van der Waals surface area contributed by atoms with Gasteiger partial charge in [0.05, 0.1) is 7.11 Å². The summed E-state index contributed by atoms with van der Waals surface area (Å²) >= 11 is 0. The highest BCUT2D eigenvalue weighted by Crippen LogP contribution is 2.29. The van der Waals surface area contributed by atoms with Crippen LogP contribution in [0.25, 0.3) is 22.1 Å². The number of ether oxygens (including phenoxy) is 2. The van der Waals surface area contributed by atoms with Crippen LogP contribution in [0.4, 0.5) is 0 Å². The number of nitrogens with one attached hydrogen (secondary N) is 1. The molecule has 0 bridgehead atoms. The fourth-order valence-electron chi connectivity index (χ4n) is 3.40. The van der Waals surface area contributed by atoms with E-state index in [4.69, 9.17) is 13.9 Å². The highest BCUT2D eigenvalue weighted by atomic mass is 16.5. The van der Waals surface area contributed by atoms with E-state index in [1.54, 1.807) is 25.1 Å². The minimum atomic E-state index is -0.882. The lowest BCUT2D eigenvalue weighted by atomic mass is 9.99. The topological polar surface area (TPSA) is 94.8 Å². The Morgan fingerprint density at radius 1 is 1.06 bits per heavy atom. The van der Waals surface area contributed by atoms with Gasteiger partial charge in [-0.05, 0) is 36.1 Å². The maximum Gasteiger partial charge on any atom is 0.336 e. The summed E-state index contributed by atoms with van der Waals surface area (Å²) in [5.74, 6) is -0.669. The normalized spacial score (nSPS) is 13.8. The molecule has 0 aliphatic heterocycles. The lowest BCUT2D eigenvalue weighted by Gasteiger charge is -2.24. The Morgan fingerprint density at radius 3 is 2.44 bits per heavy atom. The number of carbonyl (C=O) groups is 2. The molecule has 0 fully saturated rings. The van der Waals surface area contributed by atoms with Gasteiger partial charge in [0, 0.05) is 17.5 Å². The molecule has 7 heteroatoms. The van der Waals surface area contributed by atoms with Crippen LogP contribution in [-0.4, -0.2) is 31.1 Å². The molecular weight excluding hydrogens is 410 g/mol. The standard InChI is InChI=1S/C25H27NO6/c1-5-15(2)23(25(29)30-4)26-24(28)16(3)31-18-11-12-19-20(17-9-7-6-8-10-17)14-22(27)32-21(19)13-18/h6-16,23H,5H2,1-4H3,(H,26,28)/t15-,16+,23-/m1/s1. The lowest BCUT2D eigenvalue weighted by Crippen LogP contribution is -2.49. The molecule has 0 aliphatic rings. The SMILES string of the molecule is CC[C@@H](C)[C@@H](NC(=O)[C@H](C)Oc1ccc2c(-c3ccccc3)cc(=O)oc2c1)C(=O)OC. The molecule has 0 spiro atoms. The Morgan fingerprint density at radius 2 is 1.78 bits per heavy atom. The van der Waals surface area contributed by atoms with Gasteiger partial charge in [0.1, 0.15) is 17.4 Å². The molecule has 0 aliphatic carbocycles. The Hall–Kier alpha value is -3.61. The molecule has 0 saturated carbocycles. The van der Waals surface area contributed by atoms with Crippen molar-refractivity contribution in [1.82, 2.24) is 5.32 Å². The molecule has 1 amide bonds. The first-order valence-electron chi connectivity index (χ1n) is 10.5. The van der Waals surface area contributed by atoms with E-state index in [9.17, 15) is 14.4 Å². The fraction of sp³-hybridized carbons (Fsp3) is 0.320. The van der Waals surface area contributed by atoms with Gasteiger partial charge in [-0.3, -0.25) is 4.79 Å². The molecule has 0 unspecified atom stereocenters. The highest BCUT2D eigenvalue weighted by Gasteiger charge is 2.29. The summed E-state index contributed by atoms with van der Waals surface area (Å²) in [7, 11) is 1.29. The fourth-order valence-corrected chi connectivity index (χ4v) is 3.40. The number of benzene rings is 2. The number of carbonyl (C=O) groups excluding carboxylic acids is 2. The van der Waals surface area contributed by atoms with Gasteiger partial charge in [-0.15, -0.1) is 0 Å². The van der Waals surface area contributed by atoms with Gasteiger partial charge in [0.25, 0.3) is 5.91 Å². The molecule has 1 aromatic heterocycles. The third-order valence-corrected chi connectivity index (χ3v) is 5.45. The molecule has 168 valence electrons. The van der Waals surface area contributed by atoms with Crippen molar-refractivity contribution in [2.75, 3.05) is 7.11 Å². The summed E-state index contributed by atoms with van der Waals surface area (Å²) in [6.45, 7) is 5.38. The van der Waals surface area contributed by atoms with Crippen molar-refractivity contribution in [3.63, 3.8) is 0 Å². The van der Waals surface area contributed by atoms with Gasteiger partial charge in [-0.2, -0.15) is 0 Å². The number of rotatable bonds is 8. The Labute approximate surface area is 186 Å². The smallest absolute Gasteiger partial charge is 0.336 e. The number of esters is 1. The molecule has 3 aromatic rings. The largest absolute Gasteiger partial charge is 0.481 e. The number of hydrogen-bond acceptors (Lipinski definition) is 6. The average molecular weight is 437 g/mol. The Bertz CT molecular complexity index is 1150. The molecule has 0 saturated heterocycles. The van der Waals surface area contributed by atoms with E-state index >= 15 is 0 Å². The van der Waals surface area contributed by atoms with Gasteiger partial charge < -0.3 is 19.2 Å². The first-order chi connectivity index (χ1) is 15.3. The molecule has 3 rings (SSSR count). The number of hydrogen-bond donors (Lipinski definition) is 1. The zero-order valence-corrected chi connectivity index (χ0v) is 18.6. The lowest BCUT2D eigenvalue weighted by molar-refractivity contribution is -0.147. The van der Waals surface area contributed by atoms with Crippen molar-refractivity contribution in [2.45, 2.75) is 39.3 Å². The van der Waals surface area contributed by atoms with Crippen LogP contribution >= 0.6 is 0 Å². The molecule has 32 heavy (non-hydrogen) atoms. The van der Waals surface area contributed by atoms with Crippen LogP contribution in [0.5, 0.6) is 5.75 Å². The third kappa shape index (κ3) is 5.17. The monoisotopic (exact) mass is 437 g/mol. The number of amides is 1. The summed E-state index contributed by atoms with van der Waals surface area (Å²) in [6, 6.07) is 15.3. The van der Waals surface area contributed by atoms with Gasteiger partial charge in [-0.1, -0.05) is 50.6 Å². The summed E-state index contributed by atoms with van der Waals surface area (Å²) in [6.07, 6.45) is -0.185. The summed E-state index contributed by atoms with van der Waals surface area (Å²) < 4.78 is 15.9. The summed E-state index contributed by atoms with van der Waals surface area (Å²) in [5, 5.41) is 3.46. The number of methoxy groups -OCH3 is 1. The molecule has 7 nitrogen and oxygen atoms in total. The van der Waals surface area contributed by atoms with E-state index in [2.05, 4.69) is 5.32 Å². The van der Waals surface area contributed by atoms with Gasteiger partial charge >= 0.3 is 11.6 Å². The van der Waals surface area contributed by atoms with Crippen LogP contribution in [-0.2, 0) is 14.3 Å². The second-order valence-electron chi connectivity index (χ2n) is 7.66. The minimum Gasteiger partial charge on any atom is -0.481 e. The second-order valence-corrected chi connectivity index (χ2v) is 7.66. The van der Waals surface area contributed by atoms with Crippen LogP contribution in [0, 0.1) is 5.92 Å². The van der Waals surface area contributed by atoms with E-state index in [1.807, 2.05) is 44.2 Å². The van der Waals surface area contributed by atoms with Crippen molar-refractivity contribution >= 4 is 22.8 Å². The van der Waals surface area contributed by atoms with Crippen molar-refractivity contribution in [3.8, 4) is 16.9 Å². The van der Waals surface area contributed by atoms with Crippen LogP contribution in [0.1, 0.15) is 27.2 Å². The predicted octanol–water partition coefficient (Wildman–Crippen LogP) is 3.93. The van der Waals surface area contributed by atoms with E-state index in [0.717, 1.165) is 16.5 Å². The van der Waals surface area contributed by atoms with Crippen molar-refractivity contribution in [2.24, 2.45) is 5.92 Å². The first-order valence-corrected chi connectivity index (χ1v) is 10.5. The van der Waals surface area contributed by atoms with Gasteiger partial charge in [-0.25, -0.2) is 9.59 Å². The van der Waals surface area contributed by atoms with Crippen molar-refractivity contribution < 1.29 is 23.5 Å². The van der Waals surface area contributed by atoms with E-state index < -0.39 is 29.6 Å². The number of fused-ring (bicyclic) bond motifs is 1. The van der Waals surface area contributed by atoms with E-state index in [-0.39, 0.29) is 5.92 Å². The highest BCUT2D eigenvalue weighted by molar-refractivity contribution is 5.94.